The predicted molar refractivity (Wildman–Crippen MR) is 79.4 cm³/mol. The third-order valence-corrected chi connectivity index (χ3v) is 3.35. The lowest BCUT2D eigenvalue weighted by Gasteiger charge is -2.06. The third kappa shape index (κ3) is 3.56. The summed E-state index contributed by atoms with van der Waals surface area (Å²) in [5, 5.41) is 0. The van der Waals surface area contributed by atoms with E-state index in [1.54, 1.807) is 6.07 Å². The minimum absolute atomic E-state index is 0.262. The average molecular weight is 273 g/mol. The van der Waals surface area contributed by atoms with Crippen molar-refractivity contribution in [1.29, 1.82) is 0 Å². The van der Waals surface area contributed by atoms with E-state index in [2.05, 4.69) is 11.9 Å². The smallest absolute Gasteiger partial charge is 0.165 e. The summed E-state index contributed by atoms with van der Waals surface area (Å²) in [6, 6.07) is 8.98. The number of nitrogens with zero attached hydrogens (tertiary/aromatic N) is 1. The molecule has 0 atom stereocenters. The Morgan fingerprint density at radius 2 is 1.90 bits per heavy atom. The number of aromatic nitrogens is 1. The molecule has 0 fully saturated rings. The molecule has 1 aromatic carbocycles. The van der Waals surface area contributed by atoms with Gasteiger partial charge in [0.15, 0.2) is 11.6 Å². The Morgan fingerprint density at radius 3 is 2.50 bits per heavy atom. The van der Waals surface area contributed by atoms with Crippen LogP contribution in [0.2, 0.25) is 0 Å². The molecule has 20 heavy (non-hydrogen) atoms. The van der Waals surface area contributed by atoms with E-state index in [0.29, 0.717) is 0 Å². The number of aryl methyl sites for hydroxylation is 1. The van der Waals surface area contributed by atoms with E-state index >= 15 is 0 Å². The van der Waals surface area contributed by atoms with Crippen LogP contribution >= 0.6 is 0 Å². The highest BCUT2D eigenvalue weighted by atomic mass is 19.1. The zero-order valence-corrected chi connectivity index (χ0v) is 12.0. The third-order valence-electron chi connectivity index (χ3n) is 3.35. The van der Waals surface area contributed by atoms with Crippen LogP contribution in [0.25, 0.3) is 11.1 Å². The lowest BCUT2D eigenvalue weighted by Crippen LogP contribution is -1.92. The fraction of sp³-hybridized carbons (Fsp3) is 0.353. The van der Waals surface area contributed by atoms with Crippen molar-refractivity contribution < 1.29 is 9.13 Å². The van der Waals surface area contributed by atoms with E-state index in [0.717, 1.165) is 23.2 Å². The molecule has 1 heterocycles. The molecule has 0 saturated carbocycles. The molecule has 0 aliphatic carbocycles. The largest absolute Gasteiger partial charge is 0.494 e. The summed E-state index contributed by atoms with van der Waals surface area (Å²) in [6.07, 6.45) is 6.42. The van der Waals surface area contributed by atoms with E-state index < -0.39 is 0 Å². The predicted octanol–water partition coefficient (Wildman–Crippen LogP) is 4.63. The first-order valence-electron chi connectivity index (χ1n) is 7.03. The van der Waals surface area contributed by atoms with Gasteiger partial charge in [-0.2, -0.15) is 0 Å². The Kier molecular flexibility index (Phi) is 5.10. The van der Waals surface area contributed by atoms with Crippen molar-refractivity contribution in [3.8, 4) is 16.9 Å². The molecule has 0 unspecified atom stereocenters. The zero-order chi connectivity index (χ0) is 14.4. The van der Waals surface area contributed by atoms with Crippen LogP contribution in [0.15, 0.2) is 36.5 Å². The molecule has 0 saturated heterocycles. The van der Waals surface area contributed by atoms with E-state index in [-0.39, 0.29) is 11.6 Å². The number of benzene rings is 1. The molecule has 0 aliphatic rings. The maximum absolute atomic E-state index is 13.7. The summed E-state index contributed by atoms with van der Waals surface area (Å²) < 4.78 is 18.6. The molecule has 2 aromatic rings. The summed E-state index contributed by atoms with van der Waals surface area (Å²) in [6.45, 7) is 2.19. The summed E-state index contributed by atoms with van der Waals surface area (Å²) in [7, 11) is 1.46. The van der Waals surface area contributed by atoms with E-state index in [1.165, 1.54) is 32.4 Å². The van der Waals surface area contributed by atoms with Crippen molar-refractivity contribution in [3.63, 3.8) is 0 Å². The van der Waals surface area contributed by atoms with Crippen LogP contribution in [-0.2, 0) is 6.42 Å². The van der Waals surface area contributed by atoms with Gasteiger partial charge in [-0.05, 0) is 36.6 Å². The number of rotatable bonds is 6. The Hall–Kier alpha value is -1.90. The van der Waals surface area contributed by atoms with Gasteiger partial charge in [0.1, 0.15) is 0 Å². The molecule has 0 spiro atoms. The second-order valence-electron chi connectivity index (χ2n) is 4.84. The van der Waals surface area contributed by atoms with Gasteiger partial charge in [0.2, 0.25) is 0 Å². The Bertz CT molecular complexity index is 551. The van der Waals surface area contributed by atoms with E-state index in [1.807, 2.05) is 24.4 Å². The maximum Gasteiger partial charge on any atom is 0.165 e. The van der Waals surface area contributed by atoms with Gasteiger partial charge in [-0.1, -0.05) is 31.9 Å². The first kappa shape index (κ1) is 14.5. The topological polar surface area (TPSA) is 22.1 Å². The summed E-state index contributed by atoms with van der Waals surface area (Å²) in [5.74, 6) is -0.0880. The molecule has 106 valence electrons. The molecule has 0 amide bonds. The molecule has 0 aliphatic heterocycles. The second kappa shape index (κ2) is 7.04. The standard InChI is InChI=1S/C17H20FNO/c1-3-4-5-6-15-9-7-14(12-19-15)13-8-10-17(20-2)16(18)11-13/h7-12H,3-6H2,1-2H3. The van der Waals surface area contributed by atoms with Gasteiger partial charge in [0.25, 0.3) is 0 Å². The van der Waals surface area contributed by atoms with Crippen LogP contribution in [0.5, 0.6) is 5.75 Å². The van der Waals surface area contributed by atoms with Crippen molar-refractivity contribution in [2.24, 2.45) is 0 Å². The fourth-order valence-electron chi connectivity index (χ4n) is 2.15. The number of ether oxygens (including phenoxy) is 1. The van der Waals surface area contributed by atoms with Gasteiger partial charge < -0.3 is 4.74 Å². The molecular weight excluding hydrogens is 253 g/mol. The first-order chi connectivity index (χ1) is 9.74. The van der Waals surface area contributed by atoms with Crippen LogP contribution in [0, 0.1) is 5.82 Å². The molecule has 2 rings (SSSR count). The molecule has 3 heteroatoms. The first-order valence-corrected chi connectivity index (χ1v) is 7.03. The van der Waals surface area contributed by atoms with Gasteiger partial charge in [-0.3, -0.25) is 4.98 Å². The molecule has 1 aromatic heterocycles. The molecule has 0 bridgehead atoms. The lowest BCUT2D eigenvalue weighted by molar-refractivity contribution is 0.386. The number of unbranched alkanes of at least 4 members (excludes halogenated alkanes) is 2. The van der Waals surface area contributed by atoms with Crippen LogP contribution in [0.1, 0.15) is 31.9 Å². The number of halogens is 1. The van der Waals surface area contributed by atoms with Crippen molar-refractivity contribution in [2.45, 2.75) is 32.6 Å². The van der Waals surface area contributed by atoms with Crippen LogP contribution < -0.4 is 4.74 Å². The van der Waals surface area contributed by atoms with Crippen LogP contribution in [-0.4, -0.2) is 12.1 Å². The maximum atomic E-state index is 13.7. The van der Waals surface area contributed by atoms with Gasteiger partial charge >= 0.3 is 0 Å². The van der Waals surface area contributed by atoms with E-state index in [4.69, 9.17) is 4.74 Å². The van der Waals surface area contributed by atoms with Crippen molar-refractivity contribution in [1.82, 2.24) is 4.98 Å². The number of hydrogen-bond acceptors (Lipinski definition) is 2. The molecular formula is C17H20FNO. The summed E-state index contributed by atoms with van der Waals surface area (Å²) in [5.41, 5.74) is 2.83. The molecule has 0 N–H and O–H groups in total. The van der Waals surface area contributed by atoms with Crippen molar-refractivity contribution in [2.75, 3.05) is 7.11 Å². The molecule has 2 nitrogen and oxygen atoms in total. The number of pyridine rings is 1. The minimum atomic E-state index is -0.350. The van der Waals surface area contributed by atoms with E-state index in [9.17, 15) is 4.39 Å². The van der Waals surface area contributed by atoms with Crippen LogP contribution in [0.3, 0.4) is 0 Å². The average Bonchev–Trinajstić information content (AvgIpc) is 2.48. The Balaban J connectivity index is 2.11. The van der Waals surface area contributed by atoms with Gasteiger partial charge in [0.05, 0.1) is 7.11 Å². The zero-order valence-electron chi connectivity index (χ0n) is 12.0. The quantitative estimate of drug-likeness (QED) is 0.716. The highest BCUT2D eigenvalue weighted by Crippen LogP contribution is 2.25. The summed E-state index contributed by atoms with van der Waals surface area (Å²) >= 11 is 0. The van der Waals surface area contributed by atoms with Gasteiger partial charge in [-0.25, -0.2) is 4.39 Å². The lowest BCUT2D eigenvalue weighted by atomic mass is 10.1. The fourth-order valence-corrected chi connectivity index (χ4v) is 2.15. The highest BCUT2D eigenvalue weighted by Gasteiger charge is 2.05. The minimum Gasteiger partial charge on any atom is -0.494 e. The number of methoxy groups -OCH3 is 1. The monoisotopic (exact) mass is 273 g/mol. The highest BCUT2D eigenvalue weighted by molar-refractivity contribution is 5.63. The summed E-state index contributed by atoms with van der Waals surface area (Å²) in [4.78, 5) is 4.45. The Morgan fingerprint density at radius 1 is 1.10 bits per heavy atom. The van der Waals surface area contributed by atoms with Gasteiger partial charge in [0, 0.05) is 17.5 Å². The number of hydrogen-bond donors (Lipinski definition) is 0. The second-order valence-corrected chi connectivity index (χ2v) is 4.84. The SMILES string of the molecule is CCCCCc1ccc(-c2ccc(OC)c(F)c2)cn1. The van der Waals surface area contributed by atoms with Gasteiger partial charge in [-0.15, -0.1) is 0 Å². The molecule has 0 radical (unpaired) electrons. The Labute approximate surface area is 119 Å². The van der Waals surface area contributed by atoms with Crippen LogP contribution in [0.4, 0.5) is 4.39 Å². The normalized spacial score (nSPS) is 10.6. The van der Waals surface area contributed by atoms with Crippen molar-refractivity contribution >= 4 is 0 Å². The van der Waals surface area contributed by atoms with Crippen molar-refractivity contribution in [3.05, 3.63) is 48.0 Å².